The topological polar surface area (TPSA) is 87.7 Å². The molecular formula is C20H27N3O4. The maximum Gasteiger partial charge on any atom is 0.227 e. The summed E-state index contributed by atoms with van der Waals surface area (Å²) in [6.07, 6.45) is 0.253. The van der Waals surface area contributed by atoms with Crippen LogP contribution in [0, 0.1) is 20.8 Å². The molecule has 0 aliphatic carbocycles. The van der Waals surface area contributed by atoms with Crippen LogP contribution in [0.4, 0.5) is 0 Å². The summed E-state index contributed by atoms with van der Waals surface area (Å²) < 4.78 is 11.4. The summed E-state index contributed by atoms with van der Waals surface area (Å²) in [4.78, 5) is 14.5. The van der Waals surface area contributed by atoms with Crippen molar-refractivity contribution >= 4 is 5.91 Å². The van der Waals surface area contributed by atoms with Crippen LogP contribution in [0.1, 0.15) is 22.5 Å². The van der Waals surface area contributed by atoms with E-state index in [9.17, 15) is 9.90 Å². The average Bonchev–Trinajstić information content (AvgIpc) is 2.84. The van der Waals surface area contributed by atoms with E-state index in [1.165, 1.54) is 0 Å². The highest BCUT2D eigenvalue weighted by molar-refractivity contribution is 5.79. The van der Waals surface area contributed by atoms with Gasteiger partial charge < -0.3 is 19.5 Å². The van der Waals surface area contributed by atoms with Gasteiger partial charge in [-0.1, -0.05) is 18.2 Å². The Kier molecular flexibility index (Phi) is 5.82. The summed E-state index contributed by atoms with van der Waals surface area (Å²) in [6.45, 7) is 6.94. The Balaban J connectivity index is 1.67. The number of hydrogen-bond acceptors (Lipinski definition) is 5. The Labute approximate surface area is 159 Å². The van der Waals surface area contributed by atoms with E-state index in [4.69, 9.17) is 9.47 Å². The molecule has 0 bridgehead atoms. The predicted molar refractivity (Wildman–Crippen MR) is 101 cm³/mol. The molecule has 2 aromatic rings. The van der Waals surface area contributed by atoms with Gasteiger partial charge in [0.1, 0.15) is 18.0 Å². The maximum atomic E-state index is 12.8. The van der Waals surface area contributed by atoms with Crippen LogP contribution < -0.4 is 4.74 Å². The fourth-order valence-corrected chi connectivity index (χ4v) is 3.25. The Morgan fingerprint density at radius 3 is 2.85 bits per heavy atom. The molecule has 1 unspecified atom stereocenters. The van der Waals surface area contributed by atoms with Crippen molar-refractivity contribution in [3.8, 4) is 5.75 Å². The number of β-amino-alcohol motifs (C(OH)–C–C–N with tert-alkyl or cyclic N) is 1. The van der Waals surface area contributed by atoms with Crippen LogP contribution in [0.15, 0.2) is 24.3 Å². The molecule has 0 spiro atoms. The molecule has 1 saturated heterocycles. The normalized spacial score (nSPS) is 20.4. The zero-order valence-electron chi connectivity index (χ0n) is 16.1. The summed E-state index contributed by atoms with van der Waals surface area (Å²) >= 11 is 0. The van der Waals surface area contributed by atoms with Gasteiger partial charge in [-0.2, -0.15) is 5.10 Å². The fraction of sp³-hybridized carbons (Fsp3) is 0.500. The minimum Gasteiger partial charge on any atom is -0.490 e. The minimum absolute atomic E-state index is 0.0533. The van der Waals surface area contributed by atoms with Crippen molar-refractivity contribution in [3.63, 3.8) is 0 Å². The highest BCUT2D eigenvalue weighted by Crippen LogP contribution is 2.21. The van der Waals surface area contributed by atoms with Crippen LogP contribution in [0.5, 0.6) is 5.75 Å². The number of aromatic nitrogens is 2. The smallest absolute Gasteiger partial charge is 0.227 e. The van der Waals surface area contributed by atoms with Gasteiger partial charge >= 0.3 is 0 Å². The zero-order valence-corrected chi connectivity index (χ0v) is 16.1. The number of carbonyl (C=O) groups excluding carboxylic acids is 1. The molecular weight excluding hydrogens is 346 g/mol. The second-order valence-electron chi connectivity index (χ2n) is 7.24. The summed E-state index contributed by atoms with van der Waals surface area (Å²) in [5.41, 5.74) is 2.36. The van der Waals surface area contributed by atoms with Crippen LogP contribution in [-0.2, 0) is 16.0 Å². The van der Waals surface area contributed by atoms with E-state index in [-0.39, 0.29) is 32.1 Å². The first-order chi connectivity index (χ1) is 12.9. The number of nitrogens with zero attached hydrogens (tertiary/aromatic N) is 2. The summed E-state index contributed by atoms with van der Waals surface area (Å²) in [5, 5.41) is 18.0. The predicted octanol–water partition coefficient (Wildman–Crippen LogP) is 1.55. The summed E-state index contributed by atoms with van der Waals surface area (Å²) in [7, 11) is 0. The number of benzene rings is 1. The van der Waals surface area contributed by atoms with Crippen molar-refractivity contribution in [2.24, 2.45) is 0 Å². The van der Waals surface area contributed by atoms with Crippen molar-refractivity contribution in [1.29, 1.82) is 0 Å². The van der Waals surface area contributed by atoms with Crippen molar-refractivity contribution < 1.29 is 19.4 Å². The lowest BCUT2D eigenvalue weighted by molar-refractivity contribution is -0.134. The molecule has 1 fully saturated rings. The van der Waals surface area contributed by atoms with Crippen LogP contribution in [-0.4, -0.2) is 64.6 Å². The lowest BCUT2D eigenvalue weighted by atomic mass is 10.0. The molecule has 7 nitrogen and oxygen atoms in total. The second-order valence-corrected chi connectivity index (χ2v) is 7.24. The first-order valence-electron chi connectivity index (χ1n) is 9.15. The van der Waals surface area contributed by atoms with Gasteiger partial charge in [0.2, 0.25) is 5.91 Å². The van der Waals surface area contributed by atoms with Crippen LogP contribution in [0.3, 0.4) is 0 Å². The van der Waals surface area contributed by atoms with Crippen LogP contribution >= 0.6 is 0 Å². The van der Waals surface area contributed by atoms with E-state index in [0.29, 0.717) is 13.2 Å². The van der Waals surface area contributed by atoms with E-state index in [2.05, 4.69) is 10.2 Å². The maximum absolute atomic E-state index is 12.8. The summed E-state index contributed by atoms with van der Waals surface area (Å²) in [5.74, 6) is 0.667. The first-order valence-corrected chi connectivity index (χ1v) is 9.15. The molecule has 1 aliphatic heterocycles. The van der Waals surface area contributed by atoms with Crippen molar-refractivity contribution in [1.82, 2.24) is 15.1 Å². The van der Waals surface area contributed by atoms with Crippen LogP contribution in [0.25, 0.3) is 0 Å². The Morgan fingerprint density at radius 2 is 2.15 bits per heavy atom. The van der Waals surface area contributed by atoms with Crippen LogP contribution in [0.2, 0.25) is 0 Å². The van der Waals surface area contributed by atoms with Crippen molar-refractivity contribution in [3.05, 3.63) is 46.8 Å². The number of para-hydroxylation sites is 1. The monoisotopic (exact) mass is 373 g/mol. The minimum atomic E-state index is -1.26. The number of aliphatic hydroxyl groups is 1. The number of rotatable bonds is 5. The number of ether oxygens (including phenoxy) is 2. The summed E-state index contributed by atoms with van der Waals surface area (Å²) in [6, 6.07) is 7.64. The molecule has 1 aromatic heterocycles. The van der Waals surface area contributed by atoms with E-state index in [1.54, 1.807) is 4.90 Å². The number of aromatic amines is 1. The van der Waals surface area contributed by atoms with E-state index in [0.717, 1.165) is 28.3 Å². The number of hydrogen-bond donors (Lipinski definition) is 2. The Bertz CT molecular complexity index is 785. The Hall–Kier alpha value is -2.38. The molecule has 1 aromatic carbocycles. The second kappa shape index (κ2) is 8.10. The number of H-pyrrole nitrogens is 1. The third kappa shape index (κ3) is 4.67. The van der Waals surface area contributed by atoms with Gasteiger partial charge in [0.05, 0.1) is 31.9 Å². The highest BCUT2D eigenvalue weighted by atomic mass is 16.5. The number of amides is 1. The van der Waals surface area contributed by atoms with Gasteiger partial charge in [-0.15, -0.1) is 0 Å². The number of nitrogens with one attached hydrogen (secondary N) is 1. The van der Waals surface area contributed by atoms with Crippen molar-refractivity contribution in [2.75, 3.05) is 32.9 Å². The molecule has 1 amide bonds. The Morgan fingerprint density at radius 1 is 1.37 bits per heavy atom. The molecule has 0 radical (unpaired) electrons. The third-order valence-corrected chi connectivity index (χ3v) is 4.91. The molecule has 1 aliphatic rings. The van der Waals surface area contributed by atoms with Crippen molar-refractivity contribution in [2.45, 2.75) is 32.8 Å². The van der Waals surface area contributed by atoms with E-state index >= 15 is 0 Å². The van der Waals surface area contributed by atoms with E-state index in [1.807, 2.05) is 45.0 Å². The molecule has 1 atom stereocenters. The van der Waals surface area contributed by atoms with Gasteiger partial charge in [-0.3, -0.25) is 9.89 Å². The lowest BCUT2D eigenvalue weighted by Gasteiger charge is -2.31. The van der Waals surface area contributed by atoms with Gasteiger partial charge in [0.25, 0.3) is 0 Å². The molecule has 2 N–H and O–H groups in total. The van der Waals surface area contributed by atoms with Gasteiger partial charge in [-0.05, 0) is 32.4 Å². The SMILES string of the molecule is Cc1ccccc1OCC1(O)COCCN(C(=O)Cc2c(C)n[nH]c2C)C1. The van der Waals surface area contributed by atoms with E-state index < -0.39 is 5.60 Å². The molecule has 2 heterocycles. The lowest BCUT2D eigenvalue weighted by Crippen LogP contribution is -2.50. The quantitative estimate of drug-likeness (QED) is 0.830. The average molecular weight is 373 g/mol. The van der Waals surface area contributed by atoms with Gasteiger partial charge in [0.15, 0.2) is 0 Å². The highest BCUT2D eigenvalue weighted by Gasteiger charge is 2.35. The third-order valence-electron chi connectivity index (χ3n) is 4.91. The molecule has 27 heavy (non-hydrogen) atoms. The molecule has 146 valence electrons. The number of aryl methyl sites for hydroxylation is 3. The fourth-order valence-electron chi connectivity index (χ4n) is 3.25. The molecule has 7 heteroatoms. The van der Waals surface area contributed by atoms with Gasteiger partial charge in [-0.25, -0.2) is 0 Å². The molecule has 0 saturated carbocycles. The largest absolute Gasteiger partial charge is 0.490 e. The molecule has 3 rings (SSSR count). The standard InChI is InChI=1S/C20H27N3O4/c1-14-6-4-5-7-18(14)27-13-20(25)11-23(8-9-26-12-20)19(24)10-17-15(2)21-22-16(17)3/h4-7,25H,8-13H2,1-3H3,(H,21,22). The zero-order chi connectivity index (χ0) is 19.4. The first kappa shape index (κ1) is 19.4. The van der Waals surface area contributed by atoms with Gasteiger partial charge in [0, 0.05) is 17.8 Å². The number of carbonyl (C=O) groups is 1.